The highest BCUT2D eigenvalue weighted by atomic mass is 32.2. The fourth-order valence-corrected chi connectivity index (χ4v) is 4.27. The highest BCUT2D eigenvalue weighted by Gasteiger charge is 2.26. The second-order valence-corrected chi connectivity index (χ2v) is 8.78. The molecular formula is C21H26N2O5S. The Labute approximate surface area is 171 Å². The molecule has 1 amide bonds. The van der Waals surface area contributed by atoms with E-state index in [-0.39, 0.29) is 23.9 Å². The van der Waals surface area contributed by atoms with Gasteiger partial charge < -0.3 is 14.8 Å². The molecule has 0 bridgehead atoms. The lowest BCUT2D eigenvalue weighted by Gasteiger charge is -2.25. The van der Waals surface area contributed by atoms with Crippen molar-refractivity contribution in [1.29, 1.82) is 0 Å². The van der Waals surface area contributed by atoms with Gasteiger partial charge in [-0.2, -0.15) is 0 Å². The van der Waals surface area contributed by atoms with Crippen LogP contribution in [-0.4, -0.2) is 40.7 Å². The molecule has 7 nitrogen and oxygen atoms in total. The molecule has 29 heavy (non-hydrogen) atoms. The molecule has 1 unspecified atom stereocenters. The van der Waals surface area contributed by atoms with Gasteiger partial charge in [0.1, 0.15) is 5.75 Å². The molecule has 156 valence electrons. The molecule has 0 saturated heterocycles. The van der Waals surface area contributed by atoms with Gasteiger partial charge in [0, 0.05) is 20.2 Å². The first-order valence-corrected chi connectivity index (χ1v) is 11.0. The van der Waals surface area contributed by atoms with Crippen molar-refractivity contribution in [3.63, 3.8) is 0 Å². The SMILES string of the molecule is COCCNS(=O)(=O)c1cccc(CNC(=O)C2CCc3cc(C)ccc3O2)c1. The summed E-state index contributed by atoms with van der Waals surface area (Å²) in [6, 6.07) is 12.4. The largest absolute Gasteiger partial charge is 0.480 e. The van der Waals surface area contributed by atoms with Crippen LogP contribution in [-0.2, 0) is 32.5 Å². The van der Waals surface area contributed by atoms with Crippen LogP contribution in [0.2, 0.25) is 0 Å². The monoisotopic (exact) mass is 418 g/mol. The average molecular weight is 419 g/mol. The fraction of sp³-hybridized carbons (Fsp3) is 0.381. The average Bonchev–Trinajstić information content (AvgIpc) is 2.72. The van der Waals surface area contributed by atoms with Gasteiger partial charge in [0.25, 0.3) is 5.91 Å². The lowest BCUT2D eigenvalue weighted by molar-refractivity contribution is -0.128. The molecule has 1 aliphatic heterocycles. The van der Waals surface area contributed by atoms with E-state index in [1.807, 2.05) is 19.1 Å². The summed E-state index contributed by atoms with van der Waals surface area (Å²) < 4.78 is 37.8. The van der Waals surface area contributed by atoms with E-state index >= 15 is 0 Å². The summed E-state index contributed by atoms with van der Waals surface area (Å²) >= 11 is 0. The Kier molecular flexibility index (Phi) is 6.89. The molecule has 0 saturated carbocycles. The molecule has 2 N–H and O–H groups in total. The predicted octanol–water partition coefficient (Wildman–Crippen LogP) is 1.93. The molecule has 0 aromatic heterocycles. The fourth-order valence-electron chi connectivity index (χ4n) is 3.19. The molecule has 0 fully saturated rings. The normalized spacial score (nSPS) is 16.0. The summed E-state index contributed by atoms with van der Waals surface area (Å²) in [5.74, 6) is 0.542. The number of rotatable bonds is 8. The molecule has 0 radical (unpaired) electrons. The zero-order valence-corrected chi connectivity index (χ0v) is 17.4. The first-order valence-electron chi connectivity index (χ1n) is 9.50. The van der Waals surface area contributed by atoms with Gasteiger partial charge >= 0.3 is 0 Å². The van der Waals surface area contributed by atoms with Gasteiger partial charge in [-0.05, 0) is 49.1 Å². The van der Waals surface area contributed by atoms with Gasteiger partial charge in [0.15, 0.2) is 6.10 Å². The summed E-state index contributed by atoms with van der Waals surface area (Å²) in [6.45, 7) is 2.74. The van der Waals surface area contributed by atoms with Crippen LogP contribution >= 0.6 is 0 Å². The minimum absolute atomic E-state index is 0.151. The van der Waals surface area contributed by atoms with E-state index in [4.69, 9.17) is 9.47 Å². The number of fused-ring (bicyclic) bond motifs is 1. The van der Waals surface area contributed by atoms with Crippen molar-refractivity contribution in [1.82, 2.24) is 10.0 Å². The molecule has 1 heterocycles. The number of carbonyl (C=O) groups is 1. The van der Waals surface area contributed by atoms with Crippen molar-refractivity contribution in [2.75, 3.05) is 20.3 Å². The van der Waals surface area contributed by atoms with E-state index in [0.717, 1.165) is 17.7 Å². The van der Waals surface area contributed by atoms with Crippen LogP contribution in [0.1, 0.15) is 23.1 Å². The summed E-state index contributed by atoms with van der Waals surface area (Å²) in [6.07, 6.45) is 0.851. The van der Waals surface area contributed by atoms with Crippen LogP contribution in [0.4, 0.5) is 0 Å². The topological polar surface area (TPSA) is 93.7 Å². The van der Waals surface area contributed by atoms with Crippen LogP contribution in [0.25, 0.3) is 0 Å². The van der Waals surface area contributed by atoms with Crippen molar-refractivity contribution in [2.24, 2.45) is 0 Å². The highest BCUT2D eigenvalue weighted by molar-refractivity contribution is 7.89. The minimum atomic E-state index is -3.62. The smallest absolute Gasteiger partial charge is 0.261 e. The molecule has 0 aliphatic carbocycles. The van der Waals surface area contributed by atoms with Crippen LogP contribution in [0.3, 0.4) is 0 Å². The van der Waals surface area contributed by atoms with Crippen molar-refractivity contribution in [2.45, 2.75) is 37.3 Å². The van der Waals surface area contributed by atoms with Gasteiger partial charge in [-0.3, -0.25) is 4.79 Å². The molecule has 2 aromatic rings. The number of benzene rings is 2. The number of aryl methyl sites for hydroxylation is 2. The lowest BCUT2D eigenvalue weighted by atomic mass is 10.00. The van der Waals surface area contributed by atoms with Crippen molar-refractivity contribution in [3.05, 3.63) is 59.2 Å². The third-order valence-electron chi connectivity index (χ3n) is 4.73. The third kappa shape index (κ3) is 5.56. The summed E-state index contributed by atoms with van der Waals surface area (Å²) in [4.78, 5) is 12.7. The van der Waals surface area contributed by atoms with E-state index in [0.29, 0.717) is 18.6 Å². The Hall–Kier alpha value is -2.42. The lowest BCUT2D eigenvalue weighted by Crippen LogP contribution is -2.40. The van der Waals surface area contributed by atoms with Gasteiger partial charge in [-0.1, -0.05) is 29.8 Å². The number of sulfonamides is 1. The quantitative estimate of drug-likeness (QED) is 0.639. The van der Waals surface area contributed by atoms with Gasteiger partial charge in [0.05, 0.1) is 11.5 Å². The molecule has 1 aliphatic rings. The minimum Gasteiger partial charge on any atom is -0.480 e. The Morgan fingerprint density at radius 1 is 1.24 bits per heavy atom. The number of amides is 1. The van der Waals surface area contributed by atoms with E-state index in [1.54, 1.807) is 18.2 Å². The van der Waals surface area contributed by atoms with Crippen molar-refractivity contribution >= 4 is 15.9 Å². The van der Waals surface area contributed by atoms with Crippen LogP contribution in [0, 0.1) is 6.92 Å². The number of hydrogen-bond donors (Lipinski definition) is 2. The number of ether oxygens (including phenoxy) is 2. The molecule has 8 heteroatoms. The highest BCUT2D eigenvalue weighted by Crippen LogP contribution is 2.28. The zero-order valence-electron chi connectivity index (χ0n) is 16.6. The standard InChI is InChI=1S/C21H26N2O5S/c1-15-6-8-19-17(12-15)7-9-20(28-19)21(24)22-14-16-4-3-5-18(13-16)29(25,26)23-10-11-27-2/h3-6,8,12-13,20,23H,7,9-11,14H2,1-2H3,(H,22,24). The molecule has 3 rings (SSSR count). The Balaban J connectivity index is 1.59. The van der Waals surface area contributed by atoms with Gasteiger partial charge in [-0.25, -0.2) is 13.1 Å². The number of methoxy groups -OCH3 is 1. The van der Waals surface area contributed by atoms with Crippen molar-refractivity contribution < 1.29 is 22.7 Å². The molecule has 2 aromatic carbocycles. The second-order valence-electron chi connectivity index (χ2n) is 7.01. The maximum atomic E-state index is 12.5. The number of nitrogens with one attached hydrogen (secondary N) is 2. The zero-order chi connectivity index (χ0) is 20.9. The number of hydrogen-bond acceptors (Lipinski definition) is 5. The Bertz CT molecular complexity index is 975. The molecular weight excluding hydrogens is 392 g/mol. The van der Waals surface area contributed by atoms with Gasteiger partial charge in [0.2, 0.25) is 10.0 Å². The van der Waals surface area contributed by atoms with Gasteiger partial charge in [-0.15, -0.1) is 0 Å². The van der Waals surface area contributed by atoms with Crippen LogP contribution in [0.15, 0.2) is 47.4 Å². The summed E-state index contributed by atoms with van der Waals surface area (Å²) in [7, 11) is -2.11. The molecule has 0 spiro atoms. The van der Waals surface area contributed by atoms with E-state index in [1.165, 1.54) is 18.7 Å². The van der Waals surface area contributed by atoms with Crippen LogP contribution < -0.4 is 14.8 Å². The van der Waals surface area contributed by atoms with Crippen molar-refractivity contribution in [3.8, 4) is 5.75 Å². The predicted molar refractivity (Wildman–Crippen MR) is 109 cm³/mol. The molecule has 1 atom stereocenters. The first kappa shape index (κ1) is 21.3. The second kappa shape index (κ2) is 9.39. The first-order chi connectivity index (χ1) is 13.9. The summed E-state index contributed by atoms with van der Waals surface area (Å²) in [5.41, 5.74) is 2.98. The van der Waals surface area contributed by atoms with Crippen LogP contribution in [0.5, 0.6) is 5.75 Å². The number of carbonyl (C=O) groups excluding carboxylic acids is 1. The Morgan fingerprint density at radius 3 is 2.86 bits per heavy atom. The maximum Gasteiger partial charge on any atom is 0.261 e. The Morgan fingerprint density at radius 2 is 2.07 bits per heavy atom. The maximum absolute atomic E-state index is 12.5. The third-order valence-corrected chi connectivity index (χ3v) is 6.19. The van der Waals surface area contributed by atoms with E-state index < -0.39 is 16.1 Å². The van der Waals surface area contributed by atoms with E-state index in [9.17, 15) is 13.2 Å². The van der Waals surface area contributed by atoms with E-state index in [2.05, 4.69) is 16.1 Å². The summed E-state index contributed by atoms with van der Waals surface area (Å²) in [5, 5.41) is 2.84.